The van der Waals surface area contributed by atoms with Crippen LogP contribution >= 0.6 is 0 Å². The van der Waals surface area contributed by atoms with Crippen molar-refractivity contribution < 1.29 is 28.3 Å². The molecule has 11 heteroatoms. The second-order valence-corrected chi connectivity index (χ2v) is 7.30. The number of benzene rings is 2. The van der Waals surface area contributed by atoms with Gasteiger partial charge in [0.05, 0.1) is 25.5 Å². The molecule has 11 nitrogen and oxygen atoms in total. The Balaban J connectivity index is 1.57. The SMILES string of the molecule is COc1ccc(-c2nn(-c3ccccc3)cc2C(=O)NNC(=O)COc2cc(C)on2)c(OC)c1. The normalized spacial score (nSPS) is 10.5. The Hall–Kier alpha value is -4.80. The molecular formula is C24H23N5O6. The molecule has 4 aromatic rings. The number of nitrogens with one attached hydrogen (secondary N) is 2. The Kier molecular flexibility index (Phi) is 6.96. The van der Waals surface area contributed by atoms with Gasteiger partial charge in [0.1, 0.15) is 23.0 Å². The number of ether oxygens (including phenoxy) is 3. The summed E-state index contributed by atoms with van der Waals surface area (Å²) >= 11 is 0. The minimum atomic E-state index is -0.585. The van der Waals surface area contributed by atoms with E-state index in [9.17, 15) is 9.59 Å². The highest BCUT2D eigenvalue weighted by Crippen LogP contribution is 2.34. The smallest absolute Gasteiger partial charge is 0.276 e. The zero-order valence-corrected chi connectivity index (χ0v) is 19.3. The first-order valence-electron chi connectivity index (χ1n) is 10.5. The van der Waals surface area contributed by atoms with Gasteiger partial charge in [-0.1, -0.05) is 18.2 Å². The summed E-state index contributed by atoms with van der Waals surface area (Å²) in [7, 11) is 3.07. The predicted octanol–water partition coefficient (Wildman–Crippen LogP) is 2.69. The van der Waals surface area contributed by atoms with Gasteiger partial charge in [-0.3, -0.25) is 20.4 Å². The number of para-hydroxylation sites is 1. The van der Waals surface area contributed by atoms with Gasteiger partial charge < -0.3 is 18.7 Å². The van der Waals surface area contributed by atoms with E-state index in [4.69, 9.17) is 18.7 Å². The van der Waals surface area contributed by atoms with E-state index in [0.29, 0.717) is 28.5 Å². The van der Waals surface area contributed by atoms with E-state index >= 15 is 0 Å². The molecule has 0 saturated carbocycles. The summed E-state index contributed by atoms with van der Waals surface area (Å²) in [5.74, 6) is 0.613. The second-order valence-electron chi connectivity index (χ2n) is 7.30. The highest BCUT2D eigenvalue weighted by molar-refractivity contribution is 6.01. The Morgan fingerprint density at radius 1 is 1.03 bits per heavy atom. The maximum absolute atomic E-state index is 13.1. The van der Waals surface area contributed by atoms with E-state index in [1.807, 2.05) is 30.3 Å². The summed E-state index contributed by atoms with van der Waals surface area (Å²) in [6.45, 7) is 1.33. The van der Waals surface area contributed by atoms with Crippen LogP contribution in [-0.2, 0) is 4.79 Å². The molecule has 180 valence electrons. The fourth-order valence-electron chi connectivity index (χ4n) is 3.23. The summed E-state index contributed by atoms with van der Waals surface area (Å²) in [6, 6.07) is 16.0. The Morgan fingerprint density at radius 2 is 1.83 bits per heavy atom. The summed E-state index contributed by atoms with van der Waals surface area (Å²) in [5.41, 5.74) is 6.61. The average Bonchev–Trinajstić information content (AvgIpc) is 3.52. The van der Waals surface area contributed by atoms with E-state index in [-0.39, 0.29) is 18.1 Å². The van der Waals surface area contributed by atoms with Crippen LogP contribution in [-0.4, -0.2) is 47.6 Å². The number of hydrogen-bond acceptors (Lipinski definition) is 8. The van der Waals surface area contributed by atoms with Gasteiger partial charge in [0.15, 0.2) is 6.61 Å². The summed E-state index contributed by atoms with van der Waals surface area (Å²) in [6.07, 6.45) is 1.57. The number of hydrazine groups is 1. The lowest BCUT2D eigenvalue weighted by molar-refractivity contribution is -0.123. The number of amides is 2. The van der Waals surface area contributed by atoms with Crippen molar-refractivity contribution in [3.63, 3.8) is 0 Å². The van der Waals surface area contributed by atoms with Crippen molar-refractivity contribution in [2.45, 2.75) is 6.92 Å². The van der Waals surface area contributed by atoms with Crippen molar-refractivity contribution in [3.8, 4) is 34.3 Å². The topological polar surface area (TPSA) is 130 Å². The molecule has 4 rings (SSSR count). The maximum Gasteiger partial charge on any atom is 0.276 e. The lowest BCUT2D eigenvalue weighted by Gasteiger charge is -2.11. The maximum atomic E-state index is 13.1. The van der Waals surface area contributed by atoms with E-state index in [0.717, 1.165) is 5.69 Å². The van der Waals surface area contributed by atoms with E-state index in [2.05, 4.69) is 21.1 Å². The van der Waals surface area contributed by atoms with Crippen molar-refractivity contribution >= 4 is 11.8 Å². The quantitative estimate of drug-likeness (QED) is 0.371. The van der Waals surface area contributed by atoms with Gasteiger partial charge in [0.25, 0.3) is 17.7 Å². The molecular weight excluding hydrogens is 454 g/mol. The lowest BCUT2D eigenvalue weighted by Crippen LogP contribution is -2.43. The predicted molar refractivity (Wildman–Crippen MR) is 124 cm³/mol. The molecule has 0 atom stereocenters. The van der Waals surface area contributed by atoms with Gasteiger partial charge in [0.2, 0.25) is 0 Å². The van der Waals surface area contributed by atoms with Gasteiger partial charge in [-0.15, -0.1) is 0 Å². The van der Waals surface area contributed by atoms with Gasteiger partial charge >= 0.3 is 0 Å². The zero-order chi connectivity index (χ0) is 24.8. The number of aromatic nitrogens is 3. The lowest BCUT2D eigenvalue weighted by atomic mass is 10.1. The monoisotopic (exact) mass is 477 g/mol. The fourth-order valence-corrected chi connectivity index (χ4v) is 3.23. The van der Waals surface area contributed by atoms with Crippen LogP contribution in [0.15, 0.2) is 65.3 Å². The molecule has 0 aliphatic carbocycles. The van der Waals surface area contributed by atoms with Gasteiger partial charge in [-0.2, -0.15) is 5.10 Å². The van der Waals surface area contributed by atoms with Crippen LogP contribution in [0.2, 0.25) is 0 Å². The van der Waals surface area contributed by atoms with Crippen LogP contribution in [0.1, 0.15) is 16.1 Å². The molecule has 0 aliphatic rings. The van der Waals surface area contributed by atoms with E-state index in [1.54, 1.807) is 49.2 Å². The largest absolute Gasteiger partial charge is 0.497 e. The number of aryl methyl sites for hydroxylation is 1. The standard InChI is InChI=1S/C24H23N5O6/c1-15-11-22(28-35-15)34-14-21(30)25-26-24(31)19-13-29(16-7-5-4-6-8-16)27-23(19)18-10-9-17(32-2)12-20(18)33-3/h4-13H,14H2,1-3H3,(H,25,30)(H,26,31). The van der Waals surface area contributed by atoms with Crippen molar-refractivity contribution in [2.75, 3.05) is 20.8 Å². The van der Waals surface area contributed by atoms with Gasteiger partial charge in [-0.25, -0.2) is 4.68 Å². The number of carbonyl (C=O) groups is 2. The van der Waals surface area contributed by atoms with E-state index in [1.165, 1.54) is 7.11 Å². The van der Waals surface area contributed by atoms with Crippen molar-refractivity contribution in [3.05, 3.63) is 72.1 Å². The van der Waals surface area contributed by atoms with Crippen LogP contribution in [0.25, 0.3) is 16.9 Å². The summed E-state index contributed by atoms with van der Waals surface area (Å²) < 4.78 is 22.4. The first kappa shape index (κ1) is 23.4. The Bertz CT molecular complexity index is 1330. The first-order chi connectivity index (χ1) is 17.0. The highest BCUT2D eigenvalue weighted by atomic mass is 16.5. The molecule has 2 aromatic carbocycles. The Labute approximate surface area is 200 Å². The molecule has 0 aliphatic heterocycles. The minimum absolute atomic E-state index is 0.169. The van der Waals surface area contributed by atoms with Gasteiger partial charge in [0, 0.05) is 23.9 Å². The van der Waals surface area contributed by atoms with Crippen LogP contribution in [0.4, 0.5) is 0 Å². The Morgan fingerprint density at radius 3 is 2.51 bits per heavy atom. The molecule has 0 radical (unpaired) electrons. The number of nitrogens with zero attached hydrogens (tertiary/aromatic N) is 3. The molecule has 0 unspecified atom stereocenters. The molecule has 2 amide bonds. The third-order valence-electron chi connectivity index (χ3n) is 4.92. The first-order valence-corrected chi connectivity index (χ1v) is 10.5. The number of methoxy groups -OCH3 is 2. The number of hydrogen-bond donors (Lipinski definition) is 2. The molecule has 2 aromatic heterocycles. The number of carbonyl (C=O) groups excluding carboxylic acids is 2. The summed E-state index contributed by atoms with van der Waals surface area (Å²) in [4.78, 5) is 25.2. The van der Waals surface area contributed by atoms with Crippen molar-refractivity contribution in [1.82, 2.24) is 25.8 Å². The molecule has 0 spiro atoms. The minimum Gasteiger partial charge on any atom is -0.497 e. The second kappa shape index (κ2) is 10.4. The van der Waals surface area contributed by atoms with Crippen LogP contribution < -0.4 is 25.1 Å². The van der Waals surface area contributed by atoms with Crippen LogP contribution in [0.5, 0.6) is 17.4 Å². The molecule has 35 heavy (non-hydrogen) atoms. The van der Waals surface area contributed by atoms with Crippen molar-refractivity contribution in [1.29, 1.82) is 0 Å². The van der Waals surface area contributed by atoms with Crippen LogP contribution in [0.3, 0.4) is 0 Å². The molecule has 0 bridgehead atoms. The zero-order valence-electron chi connectivity index (χ0n) is 19.3. The van der Waals surface area contributed by atoms with Crippen molar-refractivity contribution in [2.24, 2.45) is 0 Å². The molecule has 2 N–H and O–H groups in total. The average molecular weight is 477 g/mol. The van der Waals surface area contributed by atoms with Crippen LogP contribution in [0, 0.1) is 6.92 Å². The highest BCUT2D eigenvalue weighted by Gasteiger charge is 2.22. The van der Waals surface area contributed by atoms with E-state index < -0.39 is 11.8 Å². The molecule has 0 fully saturated rings. The van der Waals surface area contributed by atoms with Gasteiger partial charge in [-0.05, 0) is 36.3 Å². The fraction of sp³-hybridized carbons (Fsp3) is 0.167. The molecule has 0 saturated heterocycles. The summed E-state index contributed by atoms with van der Waals surface area (Å²) in [5, 5.41) is 8.26. The third kappa shape index (κ3) is 5.41. The number of rotatable bonds is 8. The third-order valence-corrected chi connectivity index (χ3v) is 4.92. The molecule has 2 heterocycles.